The number of halogens is 3. The molecule has 0 N–H and O–H groups in total. The molecule has 0 aliphatic rings. The minimum atomic E-state index is -4.55. The summed E-state index contributed by atoms with van der Waals surface area (Å²) in [6, 6.07) is 11.3. The summed E-state index contributed by atoms with van der Waals surface area (Å²) in [4.78, 5) is 16.5. The highest BCUT2D eigenvalue weighted by Gasteiger charge is 2.33. The van der Waals surface area contributed by atoms with E-state index in [1.54, 1.807) is 36.1 Å². The van der Waals surface area contributed by atoms with Crippen molar-refractivity contribution >= 4 is 27.6 Å². The van der Waals surface area contributed by atoms with Gasteiger partial charge in [0.15, 0.2) is 0 Å². The third kappa shape index (κ3) is 3.68. The van der Waals surface area contributed by atoms with Gasteiger partial charge >= 0.3 is 12.1 Å². The van der Waals surface area contributed by atoms with Crippen LogP contribution in [0.4, 0.5) is 13.2 Å². The first-order valence-electron chi connectivity index (χ1n) is 9.06. The van der Waals surface area contributed by atoms with Crippen LogP contribution in [0, 0.1) is 0 Å². The Labute approximate surface area is 164 Å². The van der Waals surface area contributed by atoms with Crippen molar-refractivity contribution in [2.75, 3.05) is 6.61 Å². The minimum absolute atomic E-state index is 0.0783. The molecule has 0 fully saturated rings. The highest BCUT2D eigenvalue weighted by molar-refractivity contribution is 6.03. The number of nitrogens with zero attached hydrogens (tertiary/aromatic N) is 2. The molecule has 4 rings (SSSR count). The average Bonchev–Trinajstić information content (AvgIpc) is 3.09. The monoisotopic (exact) mass is 398 g/mol. The summed E-state index contributed by atoms with van der Waals surface area (Å²) in [5.74, 6) is -0.772. The van der Waals surface area contributed by atoms with E-state index in [0.29, 0.717) is 17.4 Å². The highest BCUT2D eigenvalue weighted by atomic mass is 19.4. The van der Waals surface area contributed by atoms with Gasteiger partial charge in [-0.15, -0.1) is 0 Å². The zero-order valence-electron chi connectivity index (χ0n) is 15.5. The Morgan fingerprint density at radius 3 is 2.66 bits per heavy atom. The quantitative estimate of drug-likeness (QED) is 0.431. The first-order valence-corrected chi connectivity index (χ1v) is 9.06. The van der Waals surface area contributed by atoms with Crippen LogP contribution in [0.2, 0.25) is 0 Å². The lowest BCUT2D eigenvalue weighted by atomic mass is 10.1. The molecule has 4 aromatic rings. The third-order valence-electron chi connectivity index (χ3n) is 4.74. The predicted octanol–water partition coefficient (Wildman–Crippen LogP) is 5.43. The number of aromatic nitrogens is 2. The molecule has 2 aromatic heterocycles. The fraction of sp³-hybridized carbons (Fsp3) is 0.182. The molecule has 0 bridgehead atoms. The number of esters is 1. The van der Waals surface area contributed by atoms with Gasteiger partial charge in [0.05, 0.1) is 23.3 Å². The molecule has 0 radical (unpaired) electrons. The number of hydrogen-bond donors (Lipinski definition) is 0. The second-order valence-corrected chi connectivity index (χ2v) is 6.68. The van der Waals surface area contributed by atoms with Crippen LogP contribution in [-0.4, -0.2) is 22.1 Å². The molecule has 0 unspecified atom stereocenters. The molecular formula is C22H17F3N2O2. The van der Waals surface area contributed by atoms with Crippen LogP contribution in [0.15, 0.2) is 61.1 Å². The van der Waals surface area contributed by atoms with Crippen LogP contribution in [0.5, 0.6) is 0 Å². The molecule has 0 saturated carbocycles. The van der Waals surface area contributed by atoms with Gasteiger partial charge in [0.2, 0.25) is 0 Å². The van der Waals surface area contributed by atoms with E-state index < -0.39 is 17.7 Å². The molecule has 7 heteroatoms. The van der Waals surface area contributed by atoms with Gasteiger partial charge in [-0.2, -0.15) is 13.2 Å². The lowest BCUT2D eigenvalue weighted by Gasteiger charge is -2.13. The number of hydrogen-bond acceptors (Lipinski definition) is 3. The fourth-order valence-corrected chi connectivity index (χ4v) is 3.44. The second kappa shape index (κ2) is 7.24. The summed E-state index contributed by atoms with van der Waals surface area (Å²) >= 11 is 0. The van der Waals surface area contributed by atoms with E-state index in [2.05, 4.69) is 4.98 Å². The van der Waals surface area contributed by atoms with E-state index in [0.717, 1.165) is 28.5 Å². The van der Waals surface area contributed by atoms with Gasteiger partial charge in [0, 0.05) is 35.9 Å². The van der Waals surface area contributed by atoms with Crippen molar-refractivity contribution in [2.45, 2.75) is 19.6 Å². The largest absolute Gasteiger partial charge is 0.462 e. The topological polar surface area (TPSA) is 44.1 Å². The smallest absolute Gasteiger partial charge is 0.416 e. The lowest BCUT2D eigenvalue weighted by molar-refractivity contribution is -0.137. The van der Waals surface area contributed by atoms with E-state index in [-0.39, 0.29) is 12.2 Å². The standard InChI is InChI=1S/C22H17F3N2O2/c1-2-29-21(28)19-11-18(22(23,24)25)10-16-6-8-27(20(16)19)13-14-3-4-15-5-7-26-12-17(15)9-14/h3-12H,2,13H2,1H3. The molecule has 0 atom stereocenters. The molecular weight excluding hydrogens is 381 g/mol. The van der Waals surface area contributed by atoms with Crippen molar-refractivity contribution in [2.24, 2.45) is 0 Å². The number of alkyl halides is 3. The van der Waals surface area contributed by atoms with Crippen molar-refractivity contribution < 1.29 is 22.7 Å². The molecule has 0 aliphatic heterocycles. The van der Waals surface area contributed by atoms with Crippen molar-refractivity contribution in [3.05, 3.63) is 77.7 Å². The normalized spacial score (nSPS) is 11.9. The maximum absolute atomic E-state index is 13.3. The number of ether oxygens (including phenoxy) is 1. The molecule has 2 heterocycles. The summed E-state index contributed by atoms with van der Waals surface area (Å²) in [5, 5.41) is 2.35. The Morgan fingerprint density at radius 1 is 1.07 bits per heavy atom. The number of benzene rings is 2. The molecule has 2 aromatic carbocycles. The van der Waals surface area contributed by atoms with Gasteiger partial charge in [-0.05, 0) is 48.2 Å². The number of pyridine rings is 1. The van der Waals surface area contributed by atoms with E-state index >= 15 is 0 Å². The zero-order valence-corrected chi connectivity index (χ0v) is 15.5. The highest BCUT2D eigenvalue weighted by Crippen LogP contribution is 2.34. The summed E-state index contributed by atoms with van der Waals surface area (Å²) in [5.41, 5.74) is 0.396. The third-order valence-corrected chi connectivity index (χ3v) is 4.74. The molecule has 4 nitrogen and oxygen atoms in total. The van der Waals surface area contributed by atoms with Crippen LogP contribution in [0.3, 0.4) is 0 Å². The minimum Gasteiger partial charge on any atom is -0.462 e. The van der Waals surface area contributed by atoms with Gasteiger partial charge in [0.1, 0.15) is 0 Å². The first kappa shape index (κ1) is 19.0. The molecule has 0 spiro atoms. The van der Waals surface area contributed by atoms with Gasteiger partial charge < -0.3 is 9.30 Å². The van der Waals surface area contributed by atoms with Crippen LogP contribution in [0.25, 0.3) is 21.7 Å². The molecule has 0 saturated heterocycles. The maximum Gasteiger partial charge on any atom is 0.416 e. The van der Waals surface area contributed by atoms with Crippen LogP contribution >= 0.6 is 0 Å². The zero-order chi connectivity index (χ0) is 20.6. The van der Waals surface area contributed by atoms with Crippen molar-refractivity contribution in [3.63, 3.8) is 0 Å². The Kier molecular flexibility index (Phi) is 4.74. The van der Waals surface area contributed by atoms with Crippen molar-refractivity contribution in [1.82, 2.24) is 9.55 Å². The van der Waals surface area contributed by atoms with E-state index in [9.17, 15) is 18.0 Å². The number of fused-ring (bicyclic) bond motifs is 2. The summed E-state index contributed by atoms with van der Waals surface area (Å²) in [7, 11) is 0. The van der Waals surface area contributed by atoms with Gasteiger partial charge in [-0.1, -0.05) is 12.1 Å². The molecule has 0 aliphatic carbocycles. The van der Waals surface area contributed by atoms with Gasteiger partial charge in [0.25, 0.3) is 0 Å². The van der Waals surface area contributed by atoms with E-state index in [1.807, 2.05) is 24.3 Å². The average molecular weight is 398 g/mol. The van der Waals surface area contributed by atoms with Gasteiger partial charge in [-0.3, -0.25) is 4.98 Å². The molecule has 29 heavy (non-hydrogen) atoms. The molecule has 0 amide bonds. The Balaban J connectivity index is 1.82. The van der Waals surface area contributed by atoms with Crippen LogP contribution in [-0.2, 0) is 17.5 Å². The van der Waals surface area contributed by atoms with Crippen molar-refractivity contribution in [1.29, 1.82) is 0 Å². The first-order chi connectivity index (χ1) is 13.9. The predicted molar refractivity (Wildman–Crippen MR) is 104 cm³/mol. The summed E-state index contributed by atoms with van der Waals surface area (Å²) in [6.07, 6.45) is 0.599. The van der Waals surface area contributed by atoms with E-state index in [1.165, 1.54) is 0 Å². The lowest BCUT2D eigenvalue weighted by Crippen LogP contribution is -2.12. The molecule has 148 valence electrons. The maximum atomic E-state index is 13.3. The SMILES string of the molecule is CCOC(=O)c1cc(C(F)(F)F)cc2ccn(Cc3ccc4ccncc4c3)c12. The number of carbonyl (C=O) groups excluding carboxylic acids is 1. The van der Waals surface area contributed by atoms with Crippen LogP contribution in [0.1, 0.15) is 28.4 Å². The second-order valence-electron chi connectivity index (χ2n) is 6.68. The summed E-state index contributed by atoms with van der Waals surface area (Å²) in [6.45, 7) is 2.09. The number of carbonyl (C=O) groups is 1. The van der Waals surface area contributed by atoms with Gasteiger partial charge in [-0.25, -0.2) is 4.79 Å². The van der Waals surface area contributed by atoms with Crippen LogP contribution < -0.4 is 0 Å². The summed E-state index contributed by atoms with van der Waals surface area (Å²) < 4.78 is 46.6. The fourth-order valence-electron chi connectivity index (χ4n) is 3.44. The Bertz CT molecular complexity index is 1210. The Morgan fingerprint density at radius 2 is 1.90 bits per heavy atom. The Hall–Kier alpha value is -3.35. The van der Waals surface area contributed by atoms with E-state index in [4.69, 9.17) is 4.74 Å². The number of rotatable bonds is 4. The van der Waals surface area contributed by atoms with Crippen molar-refractivity contribution in [3.8, 4) is 0 Å².